The number of aryl methyl sites for hydroxylation is 1. The predicted octanol–water partition coefficient (Wildman–Crippen LogP) is 0.959. The molecule has 0 aliphatic heterocycles. The zero-order valence-corrected chi connectivity index (χ0v) is 12.6. The van der Waals surface area contributed by atoms with Crippen LogP contribution in [0.2, 0.25) is 0 Å². The lowest BCUT2D eigenvalue weighted by Crippen LogP contribution is -2.30. The summed E-state index contributed by atoms with van der Waals surface area (Å²) in [7, 11) is 0. The van der Waals surface area contributed by atoms with Crippen molar-refractivity contribution < 1.29 is 14.3 Å². The average molecular weight is 317 g/mol. The smallest absolute Gasteiger partial charge is 0.319 e. The SMILES string of the molecule is NC(=O)COc1ccc(NC(=O)NCCCn2ccnc2)cc1. The summed E-state index contributed by atoms with van der Waals surface area (Å²) < 4.78 is 7.08. The van der Waals surface area contributed by atoms with Crippen LogP contribution >= 0.6 is 0 Å². The van der Waals surface area contributed by atoms with Gasteiger partial charge < -0.3 is 25.7 Å². The summed E-state index contributed by atoms with van der Waals surface area (Å²) >= 11 is 0. The van der Waals surface area contributed by atoms with Crippen molar-refractivity contribution in [3.8, 4) is 5.75 Å². The zero-order chi connectivity index (χ0) is 16.5. The normalized spacial score (nSPS) is 10.1. The molecule has 0 aliphatic carbocycles. The summed E-state index contributed by atoms with van der Waals surface area (Å²) in [5.41, 5.74) is 5.62. The number of primary amides is 1. The molecule has 0 fully saturated rings. The van der Waals surface area contributed by atoms with Crippen molar-refractivity contribution >= 4 is 17.6 Å². The third kappa shape index (κ3) is 6.08. The Labute approximate surface area is 133 Å². The Morgan fingerprint density at radius 2 is 2.04 bits per heavy atom. The first-order valence-electron chi connectivity index (χ1n) is 7.15. The van der Waals surface area contributed by atoms with Gasteiger partial charge in [0, 0.05) is 31.2 Å². The molecule has 8 heteroatoms. The highest BCUT2D eigenvalue weighted by Gasteiger charge is 2.02. The van der Waals surface area contributed by atoms with E-state index >= 15 is 0 Å². The minimum atomic E-state index is -0.540. The predicted molar refractivity (Wildman–Crippen MR) is 85.0 cm³/mol. The Bertz CT molecular complexity index is 625. The van der Waals surface area contributed by atoms with Crippen molar-refractivity contribution in [1.29, 1.82) is 0 Å². The molecule has 0 saturated carbocycles. The van der Waals surface area contributed by atoms with E-state index in [1.807, 2.05) is 10.8 Å². The number of ether oxygens (including phenoxy) is 1. The van der Waals surface area contributed by atoms with Gasteiger partial charge in [0.05, 0.1) is 6.33 Å². The number of nitrogens with zero attached hydrogens (tertiary/aromatic N) is 2. The lowest BCUT2D eigenvalue weighted by Gasteiger charge is -2.09. The topological polar surface area (TPSA) is 111 Å². The van der Waals surface area contributed by atoms with Gasteiger partial charge in [0.15, 0.2) is 6.61 Å². The van der Waals surface area contributed by atoms with Crippen LogP contribution in [0.15, 0.2) is 43.0 Å². The summed E-state index contributed by atoms with van der Waals surface area (Å²) in [6.07, 6.45) is 6.14. The highest BCUT2D eigenvalue weighted by atomic mass is 16.5. The molecule has 2 aromatic rings. The molecule has 0 bridgehead atoms. The number of urea groups is 1. The van der Waals surface area contributed by atoms with Crippen LogP contribution in [0.1, 0.15) is 6.42 Å². The van der Waals surface area contributed by atoms with Gasteiger partial charge in [-0.1, -0.05) is 0 Å². The molecule has 0 unspecified atom stereocenters. The van der Waals surface area contributed by atoms with Crippen LogP contribution in [-0.4, -0.2) is 34.6 Å². The number of aromatic nitrogens is 2. The van der Waals surface area contributed by atoms with Gasteiger partial charge in [-0.05, 0) is 30.7 Å². The maximum atomic E-state index is 11.7. The minimum Gasteiger partial charge on any atom is -0.484 e. The van der Waals surface area contributed by atoms with Gasteiger partial charge in [-0.2, -0.15) is 0 Å². The molecule has 0 saturated heterocycles. The molecule has 8 nitrogen and oxygen atoms in total. The summed E-state index contributed by atoms with van der Waals surface area (Å²) in [6.45, 7) is 1.18. The van der Waals surface area contributed by atoms with Crippen LogP contribution < -0.4 is 21.1 Å². The maximum Gasteiger partial charge on any atom is 0.319 e. The van der Waals surface area contributed by atoms with E-state index in [4.69, 9.17) is 10.5 Å². The quantitative estimate of drug-likeness (QED) is 0.630. The lowest BCUT2D eigenvalue weighted by molar-refractivity contribution is -0.119. The number of nitrogens with two attached hydrogens (primary N) is 1. The molecule has 1 aromatic heterocycles. The standard InChI is InChI=1S/C15H19N5O3/c16-14(21)10-23-13-4-2-12(3-5-13)19-15(22)18-6-1-8-20-9-7-17-11-20/h2-5,7,9,11H,1,6,8,10H2,(H2,16,21)(H2,18,19,22). The van der Waals surface area contributed by atoms with E-state index < -0.39 is 5.91 Å². The molecule has 0 aliphatic rings. The third-order valence-corrected chi connectivity index (χ3v) is 2.93. The first kappa shape index (κ1) is 16.3. The van der Waals surface area contributed by atoms with E-state index in [2.05, 4.69) is 15.6 Å². The van der Waals surface area contributed by atoms with Crippen LogP contribution in [0.3, 0.4) is 0 Å². The Balaban J connectivity index is 1.67. The van der Waals surface area contributed by atoms with E-state index in [0.717, 1.165) is 13.0 Å². The molecule has 1 heterocycles. The molecular weight excluding hydrogens is 298 g/mol. The van der Waals surface area contributed by atoms with Gasteiger partial charge in [0.2, 0.25) is 0 Å². The first-order valence-corrected chi connectivity index (χ1v) is 7.15. The van der Waals surface area contributed by atoms with Crippen LogP contribution in [0.25, 0.3) is 0 Å². The molecule has 23 heavy (non-hydrogen) atoms. The van der Waals surface area contributed by atoms with Crippen molar-refractivity contribution in [3.63, 3.8) is 0 Å². The maximum absolute atomic E-state index is 11.7. The third-order valence-electron chi connectivity index (χ3n) is 2.93. The van der Waals surface area contributed by atoms with Crippen molar-refractivity contribution in [3.05, 3.63) is 43.0 Å². The molecule has 122 valence electrons. The summed E-state index contributed by atoms with van der Waals surface area (Å²) in [6, 6.07) is 6.39. The highest BCUT2D eigenvalue weighted by Crippen LogP contribution is 2.15. The first-order chi connectivity index (χ1) is 11.1. The summed E-state index contributed by atoms with van der Waals surface area (Å²) in [4.78, 5) is 26.3. The zero-order valence-electron chi connectivity index (χ0n) is 12.6. The van der Waals surface area contributed by atoms with E-state index in [-0.39, 0.29) is 12.6 Å². The van der Waals surface area contributed by atoms with E-state index in [1.54, 1.807) is 36.8 Å². The van der Waals surface area contributed by atoms with Crippen LogP contribution in [0.4, 0.5) is 10.5 Å². The lowest BCUT2D eigenvalue weighted by atomic mass is 10.3. The molecular formula is C15H19N5O3. The molecule has 0 spiro atoms. The van der Waals surface area contributed by atoms with Crippen molar-refractivity contribution in [2.24, 2.45) is 5.73 Å². The number of rotatable bonds is 8. The molecule has 2 rings (SSSR count). The Morgan fingerprint density at radius 1 is 1.26 bits per heavy atom. The molecule has 0 radical (unpaired) electrons. The van der Waals surface area contributed by atoms with E-state index in [9.17, 15) is 9.59 Å². The van der Waals surface area contributed by atoms with Crippen molar-refractivity contribution in [1.82, 2.24) is 14.9 Å². The largest absolute Gasteiger partial charge is 0.484 e. The van der Waals surface area contributed by atoms with Crippen LogP contribution in [-0.2, 0) is 11.3 Å². The fourth-order valence-corrected chi connectivity index (χ4v) is 1.85. The Kier molecular flexibility index (Phi) is 5.98. The number of benzene rings is 1. The number of nitrogens with one attached hydrogen (secondary N) is 2. The Hall–Kier alpha value is -3.03. The van der Waals surface area contributed by atoms with Gasteiger partial charge in [-0.15, -0.1) is 0 Å². The number of amides is 3. The number of hydrogen-bond donors (Lipinski definition) is 3. The number of anilines is 1. The molecule has 4 N–H and O–H groups in total. The second kappa shape index (κ2) is 8.42. The number of imidazole rings is 1. The molecule has 0 atom stereocenters. The molecule has 1 aromatic carbocycles. The second-order valence-electron chi connectivity index (χ2n) is 4.81. The van der Waals surface area contributed by atoms with E-state index in [1.165, 1.54) is 0 Å². The fraction of sp³-hybridized carbons (Fsp3) is 0.267. The fourth-order valence-electron chi connectivity index (χ4n) is 1.85. The van der Waals surface area contributed by atoms with Gasteiger partial charge in [-0.25, -0.2) is 9.78 Å². The number of hydrogen-bond acceptors (Lipinski definition) is 4. The molecule has 3 amide bonds. The number of carbonyl (C=O) groups is 2. The monoisotopic (exact) mass is 317 g/mol. The number of carbonyl (C=O) groups excluding carboxylic acids is 2. The highest BCUT2D eigenvalue weighted by molar-refractivity contribution is 5.89. The van der Waals surface area contributed by atoms with Gasteiger partial charge in [-0.3, -0.25) is 4.79 Å². The van der Waals surface area contributed by atoms with Crippen molar-refractivity contribution in [2.75, 3.05) is 18.5 Å². The van der Waals surface area contributed by atoms with Gasteiger partial charge >= 0.3 is 6.03 Å². The van der Waals surface area contributed by atoms with Gasteiger partial charge in [0.1, 0.15) is 5.75 Å². The second-order valence-corrected chi connectivity index (χ2v) is 4.81. The minimum absolute atomic E-state index is 0.176. The summed E-state index contributed by atoms with van der Waals surface area (Å²) in [5, 5.41) is 5.48. The van der Waals surface area contributed by atoms with Crippen molar-refractivity contribution in [2.45, 2.75) is 13.0 Å². The van der Waals surface area contributed by atoms with E-state index in [0.29, 0.717) is 18.0 Å². The van der Waals surface area contributed by atoms with Crippen LogP contribution in [0.5, 0.6) is 5.75 Å². The average Bonchev–Trinajstić information content (AvgIpc) is 3.04. The summed E-state index contributed by atoms with van der Waals surface area (Å²) in [5.74, 6) is -0.0302. The Morgan fingerprint density at radius 3 is 2.70 bits per heavy atom. The van der Waals surface area contributed by atoms with Gasteiger partial charge in [0.25, 0.3) is 5.91 Å². The van der Waals surface area contributed by atoms with Crippen LogP contribution in [0, 0.1) is 0 Å².